The van der Waals surface area contributed by atoms with Crippen molar-refractivity contribution in [3.05, 3.63) is 158 Å². The first kappa shape index (κ1) is 25.8. The summed E-state index contributed by atoms with van der Waals surface area (Å²) in [4.78, 5) is 7.28. The minimum atomic E-state index is 0.646. The van der Waals surface area contributed by atoms with Crippen LogP contribution in [0.2, 0.25) is 0 Å². The summed E-state index contributed by atoms with van der Waals surface area (Å²) in [6.07, 6.45) is 0. The van der Waals surface area contributed by atoms with Crippen LogP contribution in [-0.4, -0.2) is 4.98 Å². The van der Waals surface area contributed by atoms with Gasteiger partial charge in [-0.25, -0.2) is 4.98 Å². The average molecular weight is 595 g/mol. The van der Waals surface area contributed by atoms with Crippen molar-refractivity contribution in [1.82, 2.24) is 4.98 Å². The number of rotatable bonds is 5. The molecular formula is C41H26N2OS. The molecule has 0 aliphatic rings. The molecule has 0 aliphatic carbocycles. The van der Waals surface area contributed by atoms with Crippen LogP contribution in [0, 0.1) is 0 Å². The van der Waals surface area contributed by atoms with Crippen LogP contribution in [0.25, 0.3) is 64.6 Å². The van der Waals surface area contributed by atoms with Gasteiger partial charge in [0, 0.05) is 32.4 Å². The van der Waals surface area contributed by atoms with Crippen molar-refractivity contribution in [2.75, 3.05) is 4.90 Å². The fourth-order valence-corrected chi connectivity index (χ4v) is 7.48. The lowest BCUT2D eigenvalue weighted by molar-refractivity contribution is 0.620. The Kier molecular flexibility index (Phi) is 6.00. The Morgan fingerprint density at radius 1 is 0.511 bits per heavy atom. The van der Waals surface area contributed by atoms with E-state index in [0.29, 0.717) is 5.89 Å². The minimum Gasteiger partial charge on any atom is -0.436 e. The summed E-state index contributed by atoms with van der Waals surface area (Å²) >= 11 is 1.80. The van der Waals surface area contributed by atoms with Gasteiger partial charge < -0.3 is 9.32 Å². The fourth-order valence-electron chi connectivity index (χ4n) is 6.26. The number of benzene rings is 7. The summed E-state index contributed by atoms with van der Waals surface area (Å²) in [6.45, 7) is 0. The van der Waals surface area contributed by atoms with E-state index in [1.165, 1.54) is 42.1 Å². The maximum atomic E-state index is 6.38. The Morgan fingerprint density at radius 2 is 1.20 bits per heavy atom. The van der Waals surface area contributed by atoms with Gasteiger partial charge in [0.1, 0.15) is 5.52 Å². The van der Waals surface area contributed by atoms with Crippen LogP contribution in [-0.2, 0) is 0 Å². The van der Waals surface area contributed by atoms with Gasteiger partial charge in [0.2, 0.25) is 5.89 Å². The highest BCUT2D eigenvalue weighted by molar-refractivity contribution is 7.26. The van der Waals surface area contributed by atoms with E-state index in [0.717, 1.165) is 33.7 Å². The van der Waals surface area contributed by atoms with Crippen LogP contribution < -0.4 is 4.90 Å². The number of thiophene rings is 1. The summed E-state index contributed by atoms with van der Waals surface area (Å²) in [5, 5.41) is 4.77. The van der Waals surface area contributed by atoms with Crippen LogP contribution in [0.3, 0.4) is 0 Å². The molecule has 45 heavy (non-hydrogen) atoms. The molecule has 0 unspecified atom stereocenters. The van der Waals surface area contributed by atoms with Gasteiger partial charge in [-0.1, -0.05) is 103 Å². The van der Waals surface area contributed by atoms with Gasteiger partial charge in [-0.05, 0) is 76.5 Å². The van der Waals surface area contributed by atoms with Gasteiger partial charge in [-0.3, -0.25) is 0 Å². The molecule has 4 heteroatoms. The molecule has 2 heterocycles. The SMILES string of the molecule is c1ccc(-c2ccc(N(c3ccccc3)c3cccc4c3sc3cc5nc(-c6ccc7ccccc7c6)oc5cc34)cc2)cc1. The third-order valence-corrected chi connectivity index (χ3v) is 9.66. The molecule has 2 aromatic heterocycles. The molecule has 0 atom stereocenters. The van der Waals surface area contributed by atoms with Crippen LogP contribution in [0.4, 0.5) is 17.1 Å². The second-order valence-corrected chi connectivity index (χ2v) is 12.3. The summed E-state index contributed by atoms with van der Waals surface area (Å²) in [6, 6.07) is 55.6. The van der Waals surface area contributed by atoms with Crippen molar-refractivity contribution in [2.45, 2.75) is 0 Å². The van der Waals surface area contributed by atoms with E-state index in [9.17, 15) is 0 Å². The topological polar surface area (TPSA) is 29.3 Å². The van der Waals surface area contributed by atoms with E-state index < -0.39 is 0 Å². The molecule has 0 amide bonds. The molecule has 3 nitrogen and oxygen atoms in total. The highest BCUT2D eigenvalue weighted by Crippen LogP contribution is 2.46. The third kappa shape index (κ3) is 4.46. The van der Waals surface area contributed by atoms with Gasteiger partial charge >= 0.3 is 0 Å². The molecule has 0 fully saturated rings. The second kappa shape index (κ2) is 10.5. The van der Waals surface area contributed by atoms with Crippen molar-refractivity contribution in [3.8, 4) is 22.6 Å². The first-order valence-corrected chi connectivity index (χ1v) is 15.9. The van der Waals surface area contributed by atoms with E-state index in [1.54, 1.807) is 11.3 Å². The fraction of sp³-hybridized carbons (Fsp3) is 0. The van der Waals surface area contributed by atoms with Gasteiger partial charge in [-0.15, -0.1) is 11.3 Å². The molecule has 0 bridgehead atoms. The van der Waals surface area contributed by atoms with E-state index in [4.69, 9.17) is 9.40 Å². The second-order valence-electron chi connectivity index (χ2n) is 11.2. The van der Waals surface area contributed by atoms with E-state index in [1.807, 2.05) is 0 Å². The molecule has 9 rings (SSSR count). The monoisotopic (exact) mass is 594 g/mol. The van der Waals surface area contributed by atoms with Crippen molar-refractivity contribution >= 4 is 70.4 Å². The molecule has 7 aromatic carbocycles. The van der Waals surface area contributed by atoms with E-state index in [-0.39, 0.29) is 0 Å². The van der Waals surface area contributed by atoms with E-state index >= 15 is 0 Å². The Balaban J connectivity index is 1.17. The molecule has 9 aromatic rings. The maximum Gasteiger partial charge on any atom is 0.227 e. The molecule has 0 spiro atoms. The summed E-state index contributed by atoms with van der Waals surface area (Å²) < 4.78 is 8.79. The number of anilines is 3. The number of hydrogen-bond donors (Lipinski definition) is 0. The highest BCUT2D eigenvalue weighted by atomic mass is 32.1. The van der Waals surface area contributed by atoms with Crippen molar-refractivity contribution < 1.29 is 4.42 Å². The molecule has 0 N–H and O–H groups in total. The molecule has 0 saturated carbocycles. The van der Waals surface area contributed by atoms with Gasteiger partial charge in [0.15, 0.2) is 5.58 Å². The largest absolute Gasteiger partial charge is 0.436 e. The molecule has 0 aliphatic heterocycles. The van der Waals surface area contributed by atoms with Gasteiger partial charge in [-0.2, -0.15) is 0 Å². The normalized spacial score (nSPS) is 11.6. The zero-order valence-corrected chi connectivity index (χ0v) is 25.0. The predicted molar refractivity (Wildman–Crippen MR) is 190 cm³/mol. The summed E-state index contributed by atoms with van der Waals surface area (Å²) in [5.41, 5.74) is 8.44. The molecule has 0 saturated heterocycles. The number of hydrogen-bond acceptors (Lipinski definition) is 4. The lowest BCUT2D eigenvalue weighted by Crippen LogP contribution is -2.09. The Morgan fingerprint density at radius 3 is 2.02 bits per heavy atom. The van der Waals surface area contributed by atoms with Crippen LogP contribution in [0.1, 0.15) is 0 Å². The molecule has 212 valence electrons. The average Bonchev–Trinajstić information content (AvgIpc) is 3.69. The number of para-hydroxylation sites is 1. The lowest BCUT2D eigenvalue weighted by atomic mass is 10.0. The summed E-state index contributed by atoms with van der Waals surface area (Å²) in [5.74, 6) is 0.646. The van der Waals surface area contributed by atoms with Crippen molar-refractivity contribution in [1.29, 1.82) is 0 Å². The first-order valence-electron chi connectivity index (χ1n) is 15.0. The first-order chi connectivity index (χ1) is 22.3. The highest BCUT2D eigenvalue weighted by Gasteiger charge is 2.19. The number of oxazole rings is 1. The Hall–Kier alpha value is -5.71. The maximum absolute atomic E-state index is 6.38. The Bertz CT molecular complexity index is 2480. The third-order valence-electron chi connectivity index (χ3n) is 8.47. The molecular weight excluding hydrogens is 569 g/mol. The van der Waals surface area contributed by atoms with Crippen molar-refractivity contribution in [2.24, 2.45) is 0 Å². The minimum absolute atomic E-state index is 0.646. The predicted octanol–water partition coefficient (Wildman–Crippen LogP) is 12.2. The number of fused-ring (bicyclic) bond motifs is 5. The quantitative estimate of drug-likeness (QED) is 0.198. The van der Waals surface area contributed by atoms with Crippen LogP contribution in [0.5, 0.6) is 0 Å². The Labute approximate surface area is 264 Å². The lowest BCUT2D eigenvalue weighted by Gasteiger charge is -2.26. The summed E-state index contributed by atoms with van der Waals surface area (Å²) in [7, 11) is 0. The van der Waals surface area contributed by atoms with Gasteiger partial charge in [0.05, 0.1) is 10.4 Å². The standard InChI is InChI=1S/C41H26N2OS/c1-3-10-27(11-4-1)29-20-22-33(23-21-29)43(32-14-5-2-6-15-32)37-17-9-16-34-35-25-38-36(26-39(35)45-40(34)37)42-41(44-38)31-19-18-28-12-7-8-13-30(28)24-31/h1-26H. The van der Waals surface area contributed by atoms with Gasteiger partial charge in [0.25, 0.3) is 0 Å². The van der Waals surface area contributed by atoms with Crippen LogP contribution >= 0.6 is 11.3 Å². The smallest absolute Gasteiger partial charge is 0.227 e. The number of nitrogens with zero attached hydrogens (tertiary/aromatic N) is 2. The zero-order valence-electron chi connectivity index (χ0n) is 24.2. The van der Waals surface area contributed by atoms with Crippen molar-refractivity contribution in [3.63, 3.8) is 0 Å². The van der Waals surface area contributed by atoms with E-state index in [2.05, 4.69) is 163 Å². The molecule has 0 radical (unpaired) electrons. The van der Waals surface area contributed by atoms with Crippen LogP contribution in [0.15, 0.2) is 162 Å². The number of aromatic nitrogens is 1. The zero-order chi connectivity index (χ0) is 29.7.